The number of nitrogens with zero attached hydrogens (tertiary/aromatic N) is 4. The molecule has 0 aliphatic heterocycles. The molecule has 0 spiro atoms. The summed E-state index contributed by atoms with van der Waals surface area (Å²) in [5, 5.41) is 47.3. The van der Waals surface area contributed by atoms with Crippen molar-refractivity contribution in [1.82, 2.24) is 24.9 Å². The number of nitro groups is 4. The number of hydrogen-bond acceptors (Lipinski definition) is 9. The standard InChI is InChI=1S/2C12H14N2O2.C12H16N2.2C8H6N2O2.2C4H9Br.Ni.H/c2*1-12(2,3)10-7-13-11-6-8(14(15)16)4-5-9(10)11;1-12(2,3)10-7-14-11-6-8(13)4-5-9(10)11;2*11-10(12)7-2-1-6-3-4-9-8(6)5-7;2*1-4(2,3)5;;/h2*4-7,13H,1-3H3;4-7,14H,13H2,1-3H3;2*1-5,9H;2*1-3H3;;. The Kier molecular flexibility index (Phi) is 23.4. The Morgan fingerprint density at radius 1 is 0.370 bits per heavy atom. The normalized spacial score (nSPS) is 11.4. The number of nitrogens with one attached hydrogen (secondary N) is 5. The number of alkyl halides is 2. The van der Waals surface area contributed by atoms with Gasteiger partial charge in [0.2, 0.25) is 0 Å². The van der Waals surface area contributed by atoms with Gasteiger partial charge in [0.1, 0.15) is 0 Å². The maximum atomic E-state index is 10.6. The van der Waals surface area contributed by atoms with Crippen LogP contribution in [0.4, 0.5) is 28.4 Å². The Morgan fingerprint density at radius 3 is 0.889 bits per heavy atom. The first kappa shape index (κ1) is 67.9. The van der Waals surface area contributed by atoms with E-state index in [-0.39, 0.29) is 65.3 Å². The van der Waals surface area contributed by atoms with Crippen LogP contribution < -0.4 is 5.73 Å². The van der Waals surface area contributed by atoms with Crippen molar-refractivity contribution in [2.45, 2.75) is 129 Å². The SMILES string of the molecule is CC(C)(C)Br.CC(C)(C)Br.CC(C)(C)c1c[nH]c2cc(N)ccc12.CC(C)(C)c1c[nH]c2cc([N+](=O)[O-])ccc12.CC(C)(C)c1c[nH]c2cc([N+](=O)[O-])ccc12.O=[N+]([O-])c1ccc2cc[nH]c2c1.O=[N+]([O-])c1ccc2cc[nH]c2c1.[NiH]. The molecule has 0 unspecified atom stereocenters. The number of anilines is 1. The van der Waals surface area contributed by atoms with Crippen molar-refractivity contribution in [3.8, 4) is 0 Å². The average Bonchev–Trinajstić information content (AvgIpc) is 4.21. The van der Waals surface area contributed by atoms with Crippen LogP contribution in [0.3, 0.4) is 0 Å². The molecule has 0 aliphatic carbocycles. The number of nitrogen functional groups attached to an aromatic ring is 1. The maximum absolute atomic E-state index is 10.6. The van der Waals surface area contributed by atoms with Gasteiger partial charge in [-0.3, -0.25) is 40.5 Å². The van der Waals surface area contributed by atoms with Crippen molar-refractivity contribution >= 4 is 115 Å². The molecule has 0 fully saturated rings. The number of halogens is 2. The van der Waals surface area contributed by atoms with Crippen molar-refractivity contribution in [2.24, 2.45) is 0 Å². The predicted molar refractivity (Wildman–Crippen MR) is 337 cm³/mol. The molecule has 0 atom stereocenters. The Balaban J connectivity index is 0.000000255. The molecule has 5 heterocycles. The Hall–Kier alpha value is -7.35. The number of aromatic nitrogens is 5. The number of non-ortho nitro benzene ring substituents is 4. The van der Waals surface area contributed by atoms with Crippen molar-refractivity contribution in [3.63, 3.8) is 0 Å². The van der Waals surface area contributed by atoms with Gasteiger partial charge in [0, 0.05) is 116 Å². The van der Waals surface area contributed by atoms with Gasteiger partial charge in [-0.1, -0.05) is 142 Å². The van der Waals surface area contributed by atoms with Crippen LogP contribution in [0.15, 0.2) is 134 Å². The van der Waals surface area contributed by atoms with E-state index in [1.807, 2.05) is 48.8 Å². The molecule has 5 aromatic heterocycles. The van der Waals surface area contributed by atoms with Crippen molar-refractivity contribution in [3.05, 3.63) is 191 Å². The van der Waals surface area contributed by atoms with Gasteiger partial charge < -0.3 is 30.7 Å². The zero-order valence-electron chi connectivity index (χ0n) is 48.4. The van der Waals surface area contributed by atoms with Crippen molar-refractivity contribution < 1.29 is 36.2 Å². The molecule has 18 nitrogen and oxygen atoms in total. The van der Waals surface area contributed by atoms with Crippen LogP contribution in [0.1, 0.15) is 121 Å². The summed E-state index contributed by atoms with van der Waals surface area (Å²) < 4.78 is 0.625. The van der Waals surface area contributed by atoms with Gasteiger partial charge in [0.05, 0.1) is 41.8 Å². The zero-order valence-corrected chi connectivity index (χ0v) is 52.6. The van der Waals surface area contributed by atoms with Gasteiger partial charge in [-0.25, -0.2) is 0 Å². The number of aromatic amines is 5. The molecule has 10 aromatic rings. The third-order valence-corrected chi connectivity index (χ3v) is 11.4. The van der Waals surface area contributed by atoms with Gasteiger partial charge in [-0.05, 0) is 92.2 Å². The second-order valence-electron chi connectivity index (χ2n) is 23.8. The Bertz CT molecular complexity index is 3520. The number of H-pyrrole nitrogens is 5. The molecule has 0 saturated heterocycles. The van der Waals surface area contributed by atoms with Crippen LogP contribution in [0.5, 0.6) is 0 Å². The molecule has 7 N–H and O–H groups in total. The number of hydrogen-bond donors (Lipinski definition) is 6. The summed E-state index contributed by atoms with van der Waals surface area (Å²) in [6.45, 7) is 32.0. The van der Waals surface area contributed by atoms with E-state index in [4.69, 9.17) is 5.73 Å². The molecule has 81 heavy (non-hydrogen) atoms. The first-order chi connectivity index (χ1) is 36.8. The Labute approximate surface area is 498 Å². The van der Waals surface area contributed by atoms with E-state index in [0.29, 0.717) is 8.65 Å². The second-order valence-corrected chi connectivity index (χ2v) is 28.5. The van der Waals surface area contributed by atoms with Crippen molar-refractivity contribution in [1.29, 1.82) is 0 Å². The van der Waals surface area contributed by atoms with Crippen molar-refractivity contribution in [2.75, 3.05) is 5.73 Å². The third-order valence-electron chi connectivity index (χ3n) is 11.4. The second kappa shape index (κ2) is 27.9. The molecule has 5 aromatic carbocycles. The molecular weight excluding hydrogens is 1210 g/mol. The van der Waals surface area contributed by atoms with Crippen LogP contribution in [0, 0.1) is 40.5 Å². The first-order valence-electron chi connectivity index (χ1n) is 25.5. The van der Waals surface area contributed by atoms with Crippen LogP contribution in [-0.4, -0.2) is 53.3 Å². The van der Waals surface area contributed by atoms with E-state index in [1.165, 1.54) is 46.3 Å². The van der Waals surface area contributed by atoms with Gasteiger partial charge in [0.25, 0.3) is 22.7 Å². The van der Waals surface area contributed by atoms with E-state index in [2.05, 4.69) is 173 Å². The summed E-state index contributed by atoms with van der Waals surface area (Å²) in [6.07, 6.45) is 9.44. The molecule has 437 valence electrons. The molecule has 21 heteroatoms. The van der Waals surface area contributed by atoms with Crippen LogP contribution in [0.25, 0.3) is 54.5 Å². The average molecular weight is 1280 g/mol. The minimum atomic E-state index is -0.402. The molecule has 0 saturated carbocycles. The van der Waals surface area contributed by atoms with Gasteiger partial charge >= 0.3 is 16.5 Å². The molecule has 0 radical (unpaired) electrons. The van der Waals surface area contributed by atoms with E-state index < -0.39 is 9.85 Å². The number of benzene rings is 5. The topological polar surface area (TPSA) is 278 Å². The van der Waals surface area contributed by atoms with Crippen LogP contribution in [0.2, 0.25) is 0 Å². The molecule has 0 aliphatic rings. The van der Waals surface area contributed by atoms with Gasteiger partial charge in [-0.2, -0.15) is 0 Å². The summed E-state index contributed by atoms with van der Waals surface area (Å²) >= 11 is 6.75. The first-order valence-corrected chi connectivity index (χ1v) is 27.1. The zero-order chi connectivity index (χ0) is 60.3. The fraction of sp³-hybridized carbons (Fsp3) is 0.333. The quantitative estimate of drug-likeness (QED) is 0.0321. The minimum absolute atomic E-state index is 0. The number of nitrogens with two attached hydrogens (primary N) is 1. The monoisotopic (exact) mass is 1280 g/mol. The Morgan fingerprint density at radius 2 is 0.617 bits per heavy atom. The fourth-order valence-electron chi connectivity index (χ4n) is 7.76. The molecule has 10 rings (SSSR count). The summed E-state index contributed by atoms with van der Waals surface area (Å²) in [7, 11) is 0. The van der Waals surface area contributed by atoms with Crippen LogP contribution in [-0.2, 0) is 32.7 Å². The van der Waals surface area contributed by atoms with E-state index in [1.54, 1.807) is 48.8 Å². The van der Waals surface area contributed by atoms with Crippen LogP contribution >= 0.6 is 31.9 Å². The summed E-state index contributed by atoms with van der Waals surface area (Å²) in [5.74, 6) is 0. The number of nitro benzene ring substituents is 4. The van der Waals surface area contributed by atoms with Gasteiger partial charge in [-0.15, -0.1) is 0 Å². The fourth-order valence-corrected chi connectivity index (χ4v) is 7.76. The summed E-state index contributed by atoms with van der Waals surface area (Å²) in [4.78, 5) is 55.7. The number of rotatable bonds is 4. The molecule has 0 bridgehead atoms. The summed E-state index contributed by atoms with van der Waals surface area (Å²) in [5.41, 5.74) is 15.3. The van der Waals surface area contributed by atoms with E-state index in [0.717, 1.165) is 54.8 Å². The molecular formula is C60H75Br2N10NiO8. The van der Waals surface area contributed by atoms with E-state index >= 15 is 0 Å². The molecule has 0 amide bonds. The van der Waals surface area contributed by atoms with Gasteiger partial charge in [0.15, 0.2) is 0 Å². The predicted octanol–water partition coefficient (Wildman–Crippen LogP) is 18.0. The third kappa shape index (κ3) is 21.2. The summed E-state index contributed by atoms with van der Waals surface area (Å²) in [6, 6.07) is 29.1. The van der Waals surface area contributed by atoms with E-state index in [9.17, 15) is 40.5 Å². The number of fused-ring (bicyclic) bond motifs is 5.